The van der Waals surface area contributed by atoms with Crippen molar-refractivity contribution in [3.8, 4) is 12.1 Å². The van der Waals surface area contributed by atoms with E-state index in [2.05, 4.69) is 43.0 Å². The van der Waals surface area contributed by atoms with Gasteiger partial charge in [-0.3, -0.25) is 0 Å². The molecule has 0 atom stereocenters. The molecule has 0 unspecified atom stereocenters. The van der Waals surface area contributed by atoms with Crippen LogP contribution in [-0.2, 0) is 0 Å². The SMILES string of the molecule is CCN(CC)c1ccc(C=C(C#N)c2ccc(C#N)cc2)cc1. The van der Waals surface area contributed by atoms with Crippen molar-refractivity contribution >= 4 is 17.3 Å². The molecule has 0 bridgehead atoms. The number of rotatable bonds is 5. The molecule has 0 aliphatic rings. The minimum Gasteiger partial charge on any atom is -0.372 e. The Morgan fingerprint density at radius 2 is 1.57 bits per heavy atom. The van der Waals surface area contributed by atoms with Crippen LogP contribution in [0.3, 0.4) is 0 Å². The predicted molar refractivity (Wildman–Crippen MR) is 94.6 cm³/mol. The lowest BCUT2D eigenvalue weighted by atomic mass is 10.0. The molecule has 0 amide bonds. The molecule has 3 nitrogen and oxygen atoms in total. The highest BCUT2D eigenvalue weighted by atomic mass is 15.1. The molecule has 23 heavy (non-hydrogen) atoms. The van der Waals surface area contributed by atoms with Crippen LogP contribution in [0, 0.1) is 22.7 Å². The third kappa shape index (κ3) is 3.99. The summed E-state index contributed by atoms with van der Waals surface area (Å²) in [6.07, 6.45) is 1.87. The zero-order valence-corrected chi connectivity index (χ0v) is 13.5. The van der Waals surface area contributed by atoms with Gasteiger partial charge in [0.1, 0.15) is 0 Å². The van der Waals surface area contributed by atoms with Crippen LogP contribution in [0.2, 0.25) is 0 Å². The van der Waals surface area contributed by atoms with E-state index in [1.165, 1.54) is 5.69 Å². The number of benzene rings is 2. The minimum absolute atomic E-state index is 0.588. The lowest BCUT2D eigenvalue weighted by Gasteiger charge is -2.20. The molecule has 0 radical (unpaired) electrons. The van der Waals surface area contributed by atoms with Crippen LogP contribution in [-0.4, -0.2) is 13.1 Å². The standard InChI is InChI=1S/C20H19N3/c1-3-23(4-2)20-11-7-16(8-12-20)13-19(15-22)18-9-5-17(14-21)6-10-18/h5-13H,3-4H2,1-2H3. The number of allylic oxidation sites excluding steroid dienone is 1. The van der Waals surface area contributed by atoms with Crippen LogP contribution in [0.5, 0.6) is 0 Å². The fourth-order valence-electron chi connectivity index (χ4n) is 2.44. The van der Waals surface area contributed by atoms with Gasteiger partial charge in [-0.05, 0) is 55.3 Å². The van der Waals surface area contributed by atoms with Gasteiger partial charge in [0.25, 0.3) is 0 Å². The van der Waals surface area contributed by atoms with Gasteiger partial charge in [0, 0.05) is 18.8 Å². The average Bonchev–Trinajstić information content (AvgIpc) is 2.62. The quantitative estimate of drug-likeness (QED) is 0.605. The van der Waals surface area contributed by atoms with E-state index >= 15 is 0 Å². The van der Waals surface area contributed by atoms with Gasteiger partial charge in [0.2, 0.25) is 0 Å². The first-order valence-corrected chi connectivity index (χ1v) is 7.69. The molecule has 2 rings (SSSR count). The highest BCUT2D eigenvalue weighted by Gasteiger charge is 2.03. The van der Waals surface area contributed by atoms with Crippen molar-refractivity contribution in [3.05, 3.63) is 65.2 Å². The van der Waals surface area contributed by atoms with Gasteiger partial charge in [0.05, 0.1) is 23.3 Å². The van der Waals surface area contributed by atoms with Crippen LogP contribution >= 0.6 is 0 Å². The first-order valence-electron chi connectivity index (χ1n) is 7.69. The number of hydrogen-bond acceptors (Lipinski definition) is 3. The van der Waals surface area contributed by atoms with Crippen LogP contribution in [0.15, 0.2) is 48.5 Å². The van der Waals surface area contributed by atoms with Crippen LogP contribution < -0.4 is 4.90 Å². The molecule has 0 aromatic heterocycles. The Hall–Kier alpha value is -3.04. The van der Waals surface area contributed by atoms with E-state index < -0.39 is 0 Å². The van der Waals surface area contributed by atoms with Crippen molar-refractivity contribution in [2.24, 2.45) is 0 Å². The molecule has 0 spiro atoms. The Balaban J connectivity index is 2.27. The van der Waals surface area contributed by atoms with Crippen LogP contribution in [0.1, 0.15) is 30.5 Å². The van der Waals surface area contributed by atoms with E-state index in [1.54, 1.807) is 24.3 Å². The summed E-state index contributed by atoms with van der Waals surface area (Å²) in [5.41, 5.74) is 4.17. The van der Waals surface area contributed by atoms with E-state index in [9.17, 15) is 5.26 Å². The summed E-state index contributed by atoms with van der Waals surface area (Å²) in [5, 5.41) is 18.2. The molecule has 0 fully saturated rings. The van der Waals surface area contributed by atoms with Crippen molar-refractivity contribution in [2.75, 3.05) is 18.0 Å². The van der Waals surface area contributed by atoms with Crippen molar-refractivity contribution in [2.45, 2.75) is 13.8 Å². The van der Waals surface area contributed by atoms with E-state index in [4.69, 9.17) is 5.26 Å². The summed E-state index contributed by atoms with van der Waals surface area (Å²) in [5.74, 6) is 0. The van der Waals surface area contributed by atoms with Gasteiger partial charge >= 0.3 is 0 Å². The molecule has 0 aliphatic heterocycles. The van der Waals surface area contributed by atoms with E-state index in [1.807, 2.05) is 18.2 Å². The summed E-state index contributed by atoms with van der Waals surface area (Å²) in [7, 11) is 0. The summed E-state index contributed by atoms with van der Waals surface area (Å²) < 4.78 is 0. The lowest BCUT2D eigenvalue weighted by molar-refractivity contribution is 0.866. The normalized spacial score (nSPS) is 10.7. The molecule has 0 saturated carbocycles. The molecular formula is C20H19N3. The Kier molecular flexibility index (Phi) is 5.56. The maximum atomic E-state index is 9.39. The highest BCUT2D eigenvalue weighted by molar-refractivity contribution is 5.89. The van der Waals surface area contributed by atoms with Crippen molar-refractivity contribution in [3.63, 3.8) is 0 Å². The molecule has 0 N–H and O–H groups in total. The maximum absolute atomic E-state index is 9.39. The Bertz CT molecular complexity index is 753. The summed E-state index contributed by atoms with van der Waals surface area (Å²) in [4.78, 5) is 2.28. The fraction of sp³-hybridized carbons (Fsp3) is 0.200. The van der Waals surface area contributed by atoms with Gasteiger partial charge in [-0.2, -0.15) is 10.5 Å². The first kappa shape index (κ1) is 16.3. The monoisotopic (exact) mass is 301 g/mol. The van der Waals surface area contributed by atoms with Gasteiger partial charge in [-0.1, -0.05) is 24.3 Å². The Morgan fingerprint density at radius 1 is 0.957 bits per heavy atom. The maximum Gasteiger partial charge on any atom is 0.0998 e. The molecule has 3 heteroatoms. The first-order chi connectivity index (χ1) is 11.2. The summed E-state index contributed by atoms with van der Waals surface area (Å²) >= 11 is 0. The highest BCUT2D eigenvalue weighted by Crippen LogP contribution is 2.21. The van der Waals surface area contributed by atoms with Crippen molar-refractivity contribution in [1.29, 1.82) is 10.5 Å². The third-order valence-corrected chi connectivity index (χ3v) is 3.78. The van der Waals surface area contributed by atoms with Gasteiger partial charge in [-0.25, -0.2) is 0 Å². The third-order valence-electron chi connectivity index (χ3n) is 3.78. The second kappa shape index (κ2) is 7.82. The van der Waals surface area contributed by atoms with E-state index in [0.717, 1.165) is 24.2 Å². The Labute approximate surface area is 137 Å². The number of anilines is 1. The number of nitrogens with zero attached hydrogens (tertiary/aromatic N) is 3. The topological polar surface area (TPSA) is 50.8 Å². The zero-order valence-electron chi connectivity index (χ0n) is 13.5. The smallest absolute Gasteiger partial charge is 0.0998 e. The number of nitriles is 2. The van der Waals surface area contributed by atoms with E-state index in [-0.39, 0.29) is 0 Å². The van der Waals surface area contributed by atoms with Crippen LogP contribution in [0.4, 0.5) is 5.69 Å². The van der Waals surface area contributed by atoms with Crippen LogP contribution in [0.25, 0.3) is 11.6 Å². The van der Waals surface area contributed by atoms with Gasteiger partial charge in [-0.15, -0.1) is 0 Å². The molecule has 114 valence electrons. The minimum atomic E-state index is 0.588. The predicted octanol–water partition coefficient (Wildman–Crippen LogP) is 4.47. The number of hydrogen-bond donors (Lipinski definition) is 0. The average molecular weight is 301 g/mol. The molecule has 0 aliphatic carbocycles. The molecule has 2 aromatic carbocycles. The van der Waals surface area contributed by atoms with Crippen molar-refractivity contribution in [1.82, 2.24) is 0 Å². The molecular weight excluding hydrogens is 282 g/mol. The van der Waals surface area contributed by atoms with E-state index in [0.29, 0.717) is 11.1 Å². The fourth-order valence-corrected chi connectivity index (χ4v) is 2.44. The Morgan fingerprint density at radius 3 is 2.04 bits per heavy atom. The molecule has 2 aromatic rings. The second-order valence-electron chi connectivity index (χ2n) is 5.12. The van der Waals surface area contributed by atoms with Gasteiger partial charge in [0.15, 0.2) is 0 Å². The lowest BCUT2D eigenvalue weighted by Crippen LogP contribution is -2.21. The molecule has 0 heterocycles. The second-order valence-corrected chi connectivity index (χ2v) is 5.12. The zero-order chi connectivity index (χ0) is 16.7. The molecule has 0 saturated heterocycles. The summed E-state index contributed by atoms with van der Waals surface area (Å²) in [6, 6.07) is 19.6. The summed E-state index contributed by atoms with van der Waals surface area (Å²) in [6.45, 7) is 6.22. The van der Waals surface area contributed by atoms with Gasteiger partial charge < -0.3 is 4.90 Å². The van der Waals surface area contributed by atoms with Crippen molar-refractivity contribution < 1.29 is 0 Å². The largest absolute Gasteiger partial charge is 0.372 e.